The van der Waals surface area contributed by atoms with Gasteiger partial charge in [0.05, 0.1) is 12.2 Å². The van der Waals surface area contributed by atoms with Crippen LogP contribution in [0.3, 0.4) is 0 Å². The number of amides is 3. The Morgan fingerprint density at radius 1 is 1.10 bits per heavy atom. The van der Waals surface area contributed by atoms with Gasteiger partial charge >= 0.3 is 6.03 Å². The van der Waals surface area contributed by atoms with Gasteiger partial charge in [-0.1, -0.05) is 23.8 Å². The monoisotopic (exact) mass is 411 g/mol. The molecule has 1 atom stereocenters. The summed E-state index contributed by atoms with van der Waals surface area (Å²) in [5, 5.41) is 2.56. The Balaban J connectivity index is 1.58. The second-order valence-corrected chi connectivity index (χ2v) is 7.54. The van der Waals surface area contributed by atoms with Gasteiger partial charge in [0.25, 0.3) is 5.91 Å². The number of benzene rings is 2. The summed E-state index contributed by atoms with van der Waals surface area (Å²) in [6, 6.07) is 8.30. The van der Waals surface area contributed by atoms with Crippen molar-refractivity contribution in [1.82, 2.24) is 15.2 Å². The molecule has 1 aliphatic rings. The van der Waals surface area contributed by atoms with Crippen molar-refractivity contribution in [3.05, 3.63) is 76.7 Å². The van der Waals surface area contributed by atoms with Crippen LogP contribution in [0.5, 0.6) is 0 Å². The highest BCUT2D eigenvalue weighted by atomic mass is 19.2. The number of hydrogen-bond donors (Lipinski definition) is 1. The van der Waals surface area contributed by atoms with Crippen LogP contribution < -0.4 is 5.32 Å². The van der Waals surface area contributed by atoms with E-state index in [4.69, 9.17) is 4.42 Å². The molecule has 154 valence electrons. The minimum atomic E-state index is -1.51. The summed E-state index contributed by atoms with van der Waals surface area (Å²) in [5.41, 5.74) is 1.95. The smallest absolute Gasteiger partial charge is 0.325 e. The first kappa shape index (κ1) is 19.8. The van der Waals surface area contributed by atoms with E-state index < -0.39 is 29.1 Å². The van der Waals surface area contributed by atoms with Crippen LogP contribution in [-0.2, 0) is 16.9 Å². The number of carbonyl (C=O) groups is 2. The van der Waals surface area contributed by atoms with E-state index in [2.05, 4.69) is 10.3 Å². The predicted octanol–water partition coefficient (Wildman–Crippen LogP) is 4.20. The Hall–Kier alpha value is -3.55. The minimum absolute atomic E-state index is 0.113. The van der Waals surface area contributed by atoms with Gasteiger partial charge < -0.3 is 9.73 Å². The Morgan fingerprint density at radius 2 is 1.87 bits per heavy atom. The van der Waals surface area contributed by atoms with Crippen molar-refractivity contribution in [3.8, 4) is 11.5 Å². The topological polar surface area (TPSA) is 75.4 Å². The number of carbonyl (C=O) groups excluding carboxylic acids is 2. The van der Waals surface area contributed by atoms with Gasteiger partial charge in [0, 0.05) is 5.56 Å². The quantitative estimate of drug-likeness (QED) is 0.653. The molecule has 2 aromatic carbocycles. The van der Waals surface area contributed by atoms with Gasteiger partial charge in [-0.25, -0.2) is 18.6 Å². The second-order valence-electron chi connectivity index (χ2n) is 7.54. The van der Waals surface area contributed by atoms with Crippen molar-refractivity contribution >= 4 is 11.9 Å². The maximum Gasteiger partial charge on any atom is 0.325 e. The molecule has 1 fully saturated rings. The van der Waals surface area contributed by atoms with Gasteiger partial charge in [0.15, 0.2) is 11.6 Å². The molecule has 1 aromatic heterocycles. The first-order chi connectivity index (χ1) is 14.2. The number of nitrogens with one attached hydrogen (secondary N) is 1. The molecule has 0 aliphatic carbocycles. The number of halogens is 2. The van der Waals surface area contributed by atoms with Gasteiger partial charge in [0.1, 0.15) is 11.8 Å². The lowest BCUT2D eigenvalue weighted by molar-refractivity contribution is -0.131. The second kappa shape index (κ2) is 7.05. The average Bonchev–Trinajstić information content (AvgIpc) is 3.23. The van der Waals surface area contributed by atoms with Gasteiger partial charge in [-0.05, 0) is 50.1 Å². The Labute approximate surface area is 171 Å². The van der Waals surface area contributed by atoms with E-state index in [0.717, 1.165) is 33.7 Å². The Bertz CT molecular complexity index is 1170. The summed E-state index contributed by atoms with van der Waals surface area (Å²) >= 11 is 0. The van der Waals surface area contributed by atoms with E-state index in [9.17, 15) is 18.4 Å². The highest BCUT2D eigenvalue weighted by Gasteiger charge is 2.49. The normalized spacial score (nSPS) is 18.8. The first-order valence-electron chi connectivity index (χ1n) is 9.30. The lowest BCUT2D eigenvalue weighted by atomic mass is 9.92. The van der Waals surface area contributed by atoms with Crippen LogP contribution in [0.25, 0.3) is 11.5 Å². The van der Waals surface area contributed by atoms with Gasteiger partial charge in [0.2, 0.25) is 5.89 Å². The Kier molecular flexibility index (Phi) is 4.64. The molecule has 0 radical (unpaired) electrons. The molecule has 1 N–H and O–H groups in total. The van der Waals surface area contributed by atoms with Crippen molar-refractivity contribution in [2.75, 3.05) is 0 Å². The Morgan fingerprint density at radius 3 is 2.57 bits per heavy atom. The third-order valence-electron chi connectivity index (χ3n) is 5.26. The molecular formula is C22H19F2N3O3. The average molecular weight is 411 g/mol. The maximum absolute atomic E-state index is 13.7. The van der Waals surface area contributed by atoms with Gasteiger partial charge in [-0.15, -0.1) is 0 Å². The molecule has 6 nitrogen and oxygen atoms in total. The number of aryl methyl sites for hydroxylation is 2. The number of aromatic nitrogens is 1. The lowest BCUT2D eigenvalue weighted by Crippen LogP contribution is -2.41. The van der Waals surface area contributed by atoms with E-state index in [0.29, 0.717) is 11.6 Å². The summed E-state index contributed by atoms with van der Waals surface area (Å²) in [6.07, 6.45) is 1.39. The summed E-state index contributed by atoms with van der Waals surface area (Å²) in [5.74, 6) is -2.33. The standard InChI is InChI=1S/C22H19F2N3O3/c1-12-4-6-16(13(2)8-12)19-25-15(11-30-19)10-27-20(28)22(3,26-21(27)29)14-5-7-17(23)18(24)9-14/h4-9,11H,10H2,1-3H3,(H,26,29). The molecule has 8 heteroatoms. The highest BCUT2D eigenvalue weighted by Crippen LogP contribution is 2.31. The fourth-order valence-electron chi connectivity index (χ4n) is 3.56. The van der Waals surface area contributed by atoms with Crippen LogP contribution in [0, 0.1) is 25.5 Å². The zero-order valence-corrected chi connectivity index (χ0v) is 16.6. The largest absolute Gasteiger partial charge is 0.444 e. The predicted molar refractivity (Wildman–Crippen MR) is 104 cm³/mol. The van der Waals surface area contributed by atoms with Crippen molar-refractivity contribution in [2.24, 2.45) is 0 Å². The number of oxazole rings is 1. The number of nitrogens with zero attached hydrogens (tertiary/aromatic N) is 2. The van der Waals surface area contributed by atoms with Crippen LogP contribution in [0.2, 0.25) is 0 Å². The van der Waals surface area contributed by atoms with Crippen LogP contribution in [-0.4, -0.2) is 21.8 Å². The van der Waals surface area contributed by atoms with E-state index in [1.165, 1.54) is 19.3 Å². The van der Waals surface area contributed by atoms with Crippen LogP contribution in [0.4, 0.5) is 13.6 Å². The lowest BCUT2D eigenvalue weighted by Gasteiger charge is -2.22. The molecule has 4 rings (SSSR count). The zero-order chi connectivity index (χ0) is 21.6. The SMILES string of the molecule is Cc1ccc(-c2nc(CN3C(=O)NC(C)(c4ccc(F)c(F)c4)C3=O)co2)c(C)c1. The molecule has 0 bridgehead atoms. The fraction of sp³-hybridized carbons (Fsp3) is 0.227. The molecule has 0 spiro atoms. The third-order valence-corrected chi connectivity index (χ3v) is 5.26. The molecule has 0 saturated carbocycles. The van der Waals surface area contributed by atoms with Crippen LogP contribution in [0.1, 0.15) is 29.3 Å². The molecule has 3 amide bonds. The molecule has 1 aliphatic heterocycles. The number of hydrogen-bond acceptors (Lipinski definition) is 4. The molecule has 1 saturated heterocycles. The fourth-order valence-corrected chi connectivity index (χ4v) is 3.56. The zero-order valence-electron chi connectivity index (χ0n) is 16.6. The number of urea groups is 1. The molecule has 2 heterocycles. The third kappa shape index (κ3) is 3.24. The van der Waals surface area contributed by atoms with E-state index in [1.807, 2.05) is 32.0 Å². The maximum atomic E-state index is 13.7. The first-order valence-corrected chi connectivity index (χ1v) is 9.30. The highest BCUT2D eigenvalue weighted by molar-refractivity contribution is 6.07. The number of imide groups is 1. The summed E-state index contributed by atoms with van der Waals surface area (Å²) in [4.78, 5) is 30.8. The summed E-state index contributed by atoms with van der Waals surface area (Å²) in [6.45, 7) is 5.26. The van der Waals surface area contributed by atoms with E-state index >= 15 is 0 Å². The van der Waals surface area contributed by atoms with Crippen LogP contribution >= 0.6 is 0 Å². The van der Waals surface area contributed by atoms with E-state index in [1.54, 1.807) is 0 Å². The van der Waals surface area contributed by atoms with Crippen molar-refractivity contribution in [1.29, 1.82) is 0 Å². The molecule has 30 heavy (non-hydrogen) atoms. The summed E-state index contributed by atoms with van der Waals surface area (Å²) in [7, 11) is 0. The minimum Gasteiger partial charge on any atom is -0.444 e. The molecular weight excluding hydrogens is 392 g/mol. The van der Waals surface area contributed by atoms with Crippen LogP contribution in [0.15, 0.2) is 47.1 Å². The van der Waals surface area contributed by atoms with Crippen molar-refractivity contribution in [3.63, 3.8) is 0 Å². The van der Waals surface area contributed by atoms with Gasteiger partial charge in [-0.2, -0.15) is 0 Å². The van der Waals surface area contributed by atoms with Crippen molar-refractivity contribution in [2.45, 2.75) is 32.9 Å². The van der Waals surface area contributed by atoms with E-state index in [-0.39, 0.29) is 12.1 Å². The van der Waals surface area contributed by atoms with Gasteiger partial charge in [-0.3, -0.25) is 9.69 Å². The summed E-state index contributed by atoms with van der Waals surface area (Å²) < 4.78 is 32.5. The number of rotatable bonds is 4. The van der Waals surface area contributed by atoms with Crippen molar-refractivity contribution < 1.29 is 22.8 Å². The molecule has 3 aromatic rings. The molecule has 1 unspecified atom stereocenters.